The van der Waals surface area contributed by atoms with Crippen LogP contribution in [-0.4, -0.2) is 30.9 Å². The molecule has 5 nitrogen and oxygen atoms in total. The van der Waals surface area contributed by atoms with Crippen LogP contribution in [0.5, 0.6) is 0 Å². The molecule has 1 aromatic heterocycles. The smallest absolute Gasteiger partial charge is 0.247 e. The van der Waals surface area contributed by atoms with E-state index < -0.39 is 10.0 Å². The van der Waals surface area contributed by atoms with Crippen LogP contribution in [0.25, 0.3) is 0 Å². The van der Waals surface area contributed by atoms with Gasteiger partial charge in [0.15, 0.2) is 0 Å². The lowest BCUT2D eigenvalue weighted by atomic mass is 10.2. The van der Waals surface area contributed by atoms with Crippen LogP contribution < -0.4 is 0 Å². The van der Waals surface area contributed by atoms with Crippen molar-refractivity contribution in [3.05, 3.63) is 29.7 Å². The third kappa shape index (κ3) is 2.50. The number of aryl methyl sites for hydroxylation is 2. The summed E-state index contributed by atoms with van der Waals surface area (Å²) in [5.41, 5.74) is 0.329. The zero-order valence-corrected chi connectivity index (χ0v) is 11.7. The molecule has 0 unspecified atom stereocenters. The van der Waals surface area contributed by atoms with Gasteiger partial charge < -0.3 is 9.52 Å². The number of sulfonamides is 1. The normalized spacial score (nSPS) is 12.1. The molecule has 0 saturated heterocycles. The first-order chi connectivity index (χ1) is 8.39. The Morgan fingerprint density at radius 1 is 1.39 bits per heavy atom. The predicted molar refractivity (Wildman–Crippen MR) is 68.7 cm³/mol. The second kappa shape index (κ2) is 5.69. The molecule has 1 aromatic rings. The van der Waals surface area contributed by atoms with Crippen LogP contribution in [-0.2, 0) is 16.6 Å². The molecule has 0 radical (unpaired) electrons. The van der Waals surface area contributed by atoms with Gasteiger partial charge in [-0.1, -0.05) is 13.0 Å². The highest BCUT2D eigenvalue weighted by atomic mass is 32.2. The zero-order chi connectivity index (χ0) is 13.9. The van der Waals surface area contributed by atoms with Crippen molar-refractivity contribution < 1.29 is 17.9 Å². The lowest BCUT2D eigenvalue weighted by Crippen LogP contribution is -2.31. The topological polar surface area (TPSA) is 70.8 Å². The van der Waals surface area contributed by atoms with Crippen molar-refractivity contribution in [2.45, 2.75) is 32.3 Å². The first-order valence-corrected chi connectivity index (χ1v) is 7.14. The Bertz CT molecular complexity index is 531. The Labute approximate surface area is 108 Å². The van der Waals surface area contributed by atoms with Crippen LogP contribution in [0.1, 0.15) is 24.0 Å². The average molecular weight is 273 g/mol. The first-order valence-electron chi connectivity index (χ1n) is 5.70. The summed E-state index contributed by atoms with van der Waals surface area (Å²) >= 11 is 0. The number of furan rings is 1. The van der Waals surface area contributed by atoms with E-state index in [1.807, 2.05) is 0 Å². The minimum atomic E-state index is -3.66. The molecular weight excluding hydrogens is 254 g/mol. The molecule has 102 valence electrons. The lowest BCUT2D eigenvalue weighted by Gasteiger charge is -2.18. The summed E-state index contributed by atoms with van der Waals surface area (Å²) in [5, 5.41) is 9.30. The number of nitrogens with zero attached hydrogens (tertiary/aromatic N) is 1. The van der Waals surface area contributed by atoms with Gasteiger partial charge in [0.05, 0.1) is 6.61 Å². The first kappa shape index (κ1) is 14.9. The summed E-state index contributed by atoms with van der Waals surface area (Å²) in [4.78, 5) is 0.0752. The van der Waals surface area contributed by atoms with Crippen molar-refractivity contribution in [1.82, 2.24) is 4.31 Å². The van der Waals surface area contributed by atoms with Gasteiger partial charge in [0.2, 0.25) is 10.0 Å². The van der Waals surface area contributed by atoms with E-state index in [9.17, 15) is 13.5 Å². The Kier molecular flexibility index (Phi) is 4.72. The molecule has 0 aliphatic carbocycles. The highest BCUT2D eigenvalue weighted by molar-refractivity contribution is 7.89. The highest BCUT2D eigenvalue weighted by Gasteiger charge is 2.30. The molecule has 0 amide bonds. The van der Waals surface area contributed by atoms with Crippen molar-refractivity contribution in [2.24, 2.45) is 0 Å². The Balaban J connectivity index is 3.40. The summed E-state index contributed by atoms with van der Waals surface area (Å²) in [6.45, 7) is 8.73. The van der Waals surface area contributed by atoms with Crippen molar-refractivity contribution in [1.29, 1.82) is 0 Å². The fraction of sp³-hybridized carbons (Fsp3) is 0.500. The Morgan fingerprint density at radius 2 is 2.00 bits per heavy atom. The fourth-order valence-electron chi connectivity index (χ4n) is 1.90. The molecule has 0 aliphatic heterocycles. The van der Waals surface area contributed by atoms with E-state index in [1.54, 1.807) is 20.8 Å². The molecular formula is C12H19NO4S. The van der Waals surface area contributed by atoms with E-state index in [-0.39, 0.29) is 18.0 Å². The molecule has 0 spiro atoms. The summed E-state index contributed by atoms with van der Waals surface area (Å²) in [6.07, 6.45) is 1.53. The molecule has 0 aliphatic rings. The van der Waals surface area contributed by atoms with E-state index >= 15 is 0 Å². The largest absolute Gasteiger partial charge is 0.465 e. The van der Waals surface area contributed by atoms with Gasteiger partial charge in [-0.3, -0.25) is 0 Å². The molecule has 1 rings (SSSR count). The van der Waals surface area contributed by atoms with Crippen molar-refractivity contribution in [3.8, 4) is 0 Å². The summed E-state index contributed by atoms with van der Waals surface area (Å²) in [7, 11) is -3.66. The van der Waals surface area contributed by atoms with E-state index in [0.29, 0.717) is 23.6 Å². The van der Waals surface area contributed by atoms with Crippen molar-refractivity contribution in [2.75, 3.05) is 13.1 Å². The van der Waals surface area contributed by atoms with Crippen molar-refractivity contribution >= 4 is 10.0 Å². The number of likely N-dealkylation sites (N-methyl/N-ethyl adjacent to an activating group) is 1. The third-order valence-corrected chi connectivity index (χ3v) is 4.90. The Hall–Kier alpha value is -1.11. The molecule has 18 heavy (non-hydrogen) atoms. The van der Waals surface area contributed by atoms with Gasteiger partial charge >= 0.3 is 0 Å². The number of rotatable bonds is 6. The fourth-order valence-corrected chi connectivity index (χ4v) is 3.73. The van der Waals surface area contributed by atoms with Crippen LogP contribution >= 0.6 is 0 Å². The second-order valence-corrected chi connectivity index (χ2v) is 5.80. The van der Waals surface area contributed by atoms with Gasteiger partial charge in [-0.2, -0.15) is 4.31 Å². The molecule has 0 fully saturated rings. The summed E-state index contributed by atoms with van der Waals surface area (Å²) < 4.78 is 31.5. The molecule has 1 N–H and O–H groups in total. The van der Waals surface area contributed by atoms with E-state index in [1.165, 1.54) is 10.4 Å². The summed E-state index contributed by atoms with van der Waals surface area (Å²) in [5.74, 6) is 0.738. The van der Waals surface area contributed by atoms with Crippen LogP contribution in [0.15, 0.2) is 22.0 Å². The molecule has 0 aromatic carbocycles. The Morgan fingerprint density at radius 3 is 2.44 bits per heavy atom. The predicted octanol–water partition coefficient (Wildman–Crippen LogP) is 1.59. The van der Waals surface area contributed by atoms with Gasteiger partial charge in [-0.05, 0) is 13.8 Å². The molecule has 0 saturated carbocycles. The highest BCUT2D eigenvalue weighted by Crippen LogP contribution is 2.29. The summed E-state index contributed by atoms with van der Waals surface area (Å²) in [6, 6.07) is 0. The number of aliphatic hydroxyl groups excluding tert-OH is 1. The van der Waals surface area contributed by atoms with Gasteiger partial charge in [-0.15, -0.1) is 6.58 Å². The quantitative estimate of drug-likeness (QED) is 0.799. The van der Waals surface area contributed by atoms with E-state index in [2.05, 4.69) is 6.58 Å². The minimum Gasteiger partial charge on any atom is -0.465 e. The van der Waals surface area contributed by atoms with Gasteiger partial charge in [-0.25, -0.2) is 8.42 Å². The van der Waals surface area contributed by atoms with E-state index in [0.717, 1.165) is 0 Å². The SMILES string of the molecule is C=CCN(CC)S(=O)(=O)c1c(C)oc(C)c1CO. The van der Waals surface area contributed by atoms with Gasteiger partial charge in [0.25, 0.3) is 0 Å². The van der Waals surface area contributed by atoms with Crippen LogP contribution in [0.3, 0.4) is 0 Å². The van der Waals surface area contributed by atoms with Crippen LogP contribution in [0.4, 0.5) is 0 Å². The van der Waals surface area contributed by atoms with Gasteiger partial charge in [0, 0.05) is 18.7 Å². The monoisotopic (exact) mass is 273 g/mol. The lowest BCUT2D eigenvalue weighted by molar-refractivity contribution is 0.276. The van der Waals surface area contributed by atoms with Crippen molar-refractivity contribution in [3.63, 3.8) is 0 Å². The standard InChI is InChI=1S/C12H19NO4S/c1-5-7-13(6-2)18(15,16)12-10(4)17-9(3)11(12)8-14/h5,14H,1,6-8H2,2-4H3. The van der Waals surface area contributed by atoms with E-state index in [4.69, 9.17) is 4.42 Å². The third-order valence-electron chi connectivity index (χ3n) is 2.77. The second-order valence-electron chi connectivity index (χ2n) is 3.92. The minimum absolute atomic E-state index is 0.0752. The number of hydrogen-bond acceptors (Lipinski definition) is 4. The molecule has 6 heteroatoms. The molecule has 0 atom stereocenters. The number of hydrogen-bond donors (Lipinski definition) is 1. The molecule has 0 bridgehead atoms. The van der Waals surface area contributed by atoms with Crippen LogP contribution in [0.2, 0.25) is 0 Å². The maximum Gasteiger partial charge on any atom is 0.247 e. The molecule has 1 heterocycles. The average Bonchev–Trinajstić information content (AvgIpc) is 2.60. The zero-order valence-electron chi connectivity index (χ0n) is 10.9. The van der Waals surface area contributed by atoms with Crippen LogP contribution in [0, 0.1) is 13.8 Å². The maximum absolute atomic E-state index is 12.5. The van der Waals surface area contributed by atoms with Gasteiger partial charge in [0.1, 0.15) is 16.4 Å². The number of aliphatic hydroxyl groups is 1. The maximum atomic E-state index is 12.5.